The number of hydrogen-bond acceptors (Lipinski definition) is 7. The molecule has 9 heteroatoms. The summed E-state index contributed by atoms with van der Waals surface area (Å²) in [6.07, 6.45) is 4.68. The van der Waals surface area contributed by atoms with Crippen LogP contribution in [0.2, 0.25) is 0 Å². The van der Waals surface area contributed by atoms with Crippen molar-refractivity contribution in [1.29, 1.82) is 0 Å². The maximum absolute atomic E-state index is 11.7. The second-order valence-corrected chi connectivity index (χ2v) is 11.7. The molecule has 1 saturated heterocycles. The second-order valence-electron chi connectivity index (χ2n) is 11.7. The van der Waals surface area contributed by atoms with Gasteiger partial charge in [-0.15, -0.1) is 0 Å². The summed E-state index contributed by atoms with van der Waals surface area (Å²) in [7, 11) is 0. The number of fused-ring (bicyclic) bond motifs is 1. The topological polar surface area (TPSA) is 98.9 Å². The molecule has 4 heterocycles. The van der Waals surface area contributed by atoms with Gasteiger partial charge in [0.1, 0.15) is 17.9 Å². The Hall–Kier alpha value is -4.21. The number of carboxylic acids is 1. The van der Waals surface area contributed by atoms with Gasteiger partial charge >= 0.3 is 5.97 Å². The average Bonchev–Trinajstić information content (AvgIpc) is 3.46. The quantitative estimate of drug-likeness (QED) is 0.238. The van der Waals surface area contributed by atoms with Crippen molar-refractivity contribution < 1.29 is 24.1 Å². The van der Waals surface area contributed by atoms with E-state index < -0.39 is 5.97 Å². The van der Waals surface area contributed by atoms with E-state index in [9.17, 15) is 9.90 Å². The molecule has 230 valence electrons. The van der Waals surface area contributed by atoms with Gasteiger partial charge in [-0.3, -0.25) is 4.90 Å². The van der Waals surface area contributed by atoms with Crippen LogP contribution in [-0.2, 0) is 24.3 Å². The van der Waals surface area contributed by atoms with Gasteiger partial charge in [0.2, 0.25) is 5.88 Å². The number of pyridine rings is 1. The lowest BCUT2D eigenvalue weighted by Crippen LogP contribution is -2.36. The fourth-order valence-electron chi connectivity index (χ4n) is 6.36. The van der Waals surface area contributed by atoms with Crippen molar-refractivity contribution in [2.45, 2.75) is 53.2 Å². The molecule has 0 unspecified atom stereocenters. The highest BCUT2D eigenvalue weighted by molar-refractivity contribution is 5.90. The molecule has 2 aliphatic heterocycles. The minimum Gasteiger partial charge on any atom is -0.488 e. The molecule has 9 nitrogen and oxygen atoms in total. The van der Waals surface area contributed by atoms with Gasteiger partial charge in [0.15, 0.2) is 5.82 Å². The number of aromatic carboxylic acids is 1. The third-order valence-corrected chi connectivity index (χ3v) is 8.78. The monoisotopic (exact) mass is 596 g/mol. The van der Waals surface area contributed by atoms with E-state index in [0.29, 0.717) is 24.7 Å². The summed E-state index contributed by atoms with van der Waals surface area (Å²) < 4.78 is 19.2. The highest BCUT2D eigenvalue weighted by Gasteiger charge is 2.24. The Bertz CT molecular complexity index is 1640. The SMILES string of the molecule is CCOc1c(C(=O)O)cnn1-c1cccc(-c2cccc(C)c2OCc2ccc3c(c2C)CCN(CC2CCOCC2)C3)n1. The Morgan fingerprint density at radius 1 is 1.07 bits per heavy atom. The standard InChI is InChI=1S/C35H40N4O5/c1-4-43-34-30(35(40)41)19-36-39(34)32-10-6-9-31(37-32)29-8-5-7-23(2)33(29)44-22-27-12-11-26-21-38(16-13-28(26)24(27)3)20-25-14-17-42-18-15-25/h5-12,19,25H,4,13-18,20-22H2,1-3H3,(H,40,41). The zero-order valence-electron chi connectivity index (χ0n) is 25.7. The van der Waals surface area contributed by atoms with Crippen molar-refractivity contribution in [2.24, 2.45) is 5.92 Å². The first-order valence-electron chi connectivity index (χ1n) is 15.5. The van der Waals surface area contributed by atoms with E-state index in [0.717, 1.165) is 62.1 Å². The zero-order valence-corrected chi connectivity index (χ0v) is 25.7. The summed E-state index contributed by atoms with van der Waals surface area (Å²) in [5.41, 5.74) is 7.95. The molecule has 0 radical (unpaired) electrons. The number of para-hydroxylation sites is 1. The molecule has 0 spiro atoms. The van der Waals surface area contributed by atoms with Crippen molar-refractivity contribution >= 4 is 5.97 Å². The normalized spacial score (nSPS) is 15.6. The fraction of sp³-hybridized carbons (Fsp3) is 0.400. The number of carboxylic acid groups (broad SMARTS) is 1. The molecule has 0 saturated carbocycles. The van der Waals surface area contributed by atoms with Gasteiger partial charge in [0.25, 0.3) is 0 Å². The number of aryl methyl sites for hydroxylation is 1. The van der Waals surface area contributed by atoms with Crippen LogP contribution in [0.5, 0.6) is 11.6 Å². The van der Waals surface area contributed by atoms with Crippen LogP contribution in [0, 0.1) is 19.8 Å². The molecule has 1 N–H and O–H groups in total. The molecule has 0 bridgehead atoms. The predicted molar refractivity (Wildman–Crippen MR) is 168 cm³/mol. The number of benzene rings is 2. The van der Waals surface area contributed by atoms with Gasteiger partial charge in [0, 0.05) is 38.4 Å². The summed E-state index contributed by atoms with van der Waals surface area (Å²) in [5.74, 6) is 1.02. The molecule has 6 rings (SSSR count). The number of nitrogens with zero attached hydrogens (tertiary/aromatic N) is 4. The minimum absolute atomic E-state index is 0.00826. The average molecular weight is 597 g/mol. The van der Waals surface area contributed by atoms with Crippen LogP contribution in [0.4, 0.5) is 0 Å². The van der Waals surface area contributed by atoms with Crippen LogP contribution in [0.3, 0.4) is 0 Å². The van der Waals surface area contributed by atoms with Gasteiger partial charge in [-0.25, -0.2) is 9.78 Å². The third-order valence-electron chi connectivity index (χ3n) is 8.78. The molecule has 2 aromatic heterocycles. The van der Waals surface area contributed by atoms with Gasteiger partial charge in [0.05, 0.1) is 18.5 Å². The maximum atomic E-state index is 11.7. The Morgan fingerprint density at radius 3 is 2.68 bits per heavy atom. The zero-order chi connectivity index (χ0) is 30.6. The van der Waals surface area contributed by atoms with E-state index in [2.05, 4.69) is 29.1 Å². The number of rotatable bonds is 10. The first-order chi connectivity index (χ1) is 21.4. The lowest BCUT2D eigenvalue weighted by molar-refractivity contribution is 0.0506. The molecule has 2 aromatic carbocycles. The first-order valence-corrected chi connectivity index (χ1v) is 15.5. The maximum Gasteiger partial charge on any atom is 0.342 e. The van der Waals surface area contributed by atoms with Crippen molar-refractivity contribution in [3.05, 3.63) is 88.1 Å². The largest absolute Gasteiger partial charge is 0.488 e. The van der Waals surface area contributed by atoms with Crippen molar-refractivity contribution in [2.75, 3.05) is 32.9 Å². The van der Waals surface area contributed by atoms with Crippen LogP contribution in [0.25, 0.3) is 17.1 Å². The summed E-state index contributed by atoms with van der Waals surface area (Å²) in [6.45, 7) is 11.9. The predicted octanol–water partition coefficient (Wildman–Crippen LogP) is 6.01. The summed E-state index contributed by atoms with van der Waals surface area (Å²) in [4.78, 5) is 19.2. The highest BCUT2D eigenvalue weighted by atomic mass is 16.5. The Balaban J connectivity index is 1.21. The molecule has 0 amide bonds. The Kier molecular flexibility index (Phi) is 8.95. The van der Waals surface area contributed by atoms with Crippen LogP contribution in [-0.4, -0.2) is 63.7 Å². The minimum atomic E-state index is -1.10. The van der Waals surface area contributed by atoms with Gasteiger partial charge in [-0.05, 0) is 92.0 Å². The third kappa shape index (κ3) is 6.21. The van der Waals surface area contributed by atoms with E-state index in [1.807, 2.05) is 37.3 Å². The Morgan fingerprint density at radius 2 is 1.89 bits per heavy atom. The lowest BCUT2D eigenvalue weighted by atomic mass is 9.91. The lowest BCUT2D eigenvalue weighted by Gasteiger charge is -2.34. The van der Waals surface area contributed by atoms with E-state index in [-0.39, 0.29) is 11.4 Å². The second kappa shape index (κ2) is 13.2. The summed E-state index contributed by atoms with van der Waals surface area (Å²) in [5, 5.41) is 13.9. The van der Waals surface area contributed by atoms with Crippen molar-refractivity contribution in [1.82, 2.24) is 19.7 Å². The summed E-state index contributed by atoms with van der Waals surface area (Å²) >= 11 is 0. The fourth-order valence-corrected chi connectivity index (χ4v) is 6.36. The molecule has 44 heavy (non-hydrogen) atoms. The first kappa shape index (κ1) is 29.8. The van der Waals surface area contributed by atoms with Crippen molar-refractivity contribution in [3.8, 4) is 28.7 Å². The molecule has 1 fully saturated rings. The Labute approximate surface area is 258 Å². The molecule has 0 aliphatic carbocycles. The van der Waals surface area contributed by atoms with E-state index >= 15 is 0 Å². The van der Waals surface area contributed by atoms with E-state index in [1.54, 1.807) is 13.0 Å². The van der Waals surface area contributed by atoms with Crippen LogP contribution >= 0.6 is 0 Å². The smallest absolute Gasteiger partial charge is 0.342 e. The van der Waals surface area contributed by atoms with Gasteiger partial charge in [-0.1, -0.05) is 30.3 Å². The van der Waals surface area contributed by atoms with E-state index in [4.69, 9.17) is 19.2 Å². The van der Waals surface area contributed by atoms with Crippen LogP contribution in [0.15, 0.2) is 54.7 Å². The van der Waals surface area contributed by atoms with E-state index in [1.165, 1.54) is 46.0 Å². The molecule has 2 aliphatic rings. The van der Waals surface area contributed by atoms with Gasteiger partial charge < -0.3 is 19.3 Å². The van der Waals surface area contributed by atoms with Crippen molar-refractivity contribution in [3.63, 3.8) is 0 Å². The molecular weight excluding hydrogens is 556 g/mol. The molecule has 4 aromatic rings. The highest BCUT2D eigenvalue weighted by Crippen LogP contribution is 2.34. The summed E-state index contributed by atoms with van der Waals surface area (Å²) in [6, 6.07) is 16.1. The van der Waals surface area contributed by atoms with Crippen LogP contribution in [0.1, 0.15) is 57.9 Å². The molecule has 0 atom stereocenters. The number of hydrogen-bond donors (Lipinski definition) is 1. The molecular formula is C35H40N4O5. The van der Waals surface area contributed by atoms with Crippen LogP contribution < -0.4 is 9.47 Å². The number of ether oxygens (including phenoxy) is 3. The number of aromatic nitrogens is 3. The van der Waals surface area contributed by atoms with Gasteiger partial charge in [-0.2, -0.15) is 9.78 Å². The number of carbonyl (C=O) groups is 1.